The number of anilines is 1. The Bertz CT molecular complexity index is 1180. The number of hydrogen-bond acceptors (Lipinski definition) is 5. The quantitative estimate of drug-likeness (QED) is 0.576. The summed E-state index contributed by atoms with van der Waals surface area (Å²) in [6, 6.07) is 15.4. The first-order chi connectivity index (χ1) is 14.7. The van der Waals surface area contributed by atoms with Crippen LogP contribution in [-0.4, -0.2) is 30.7 Å². The van der Waals surface area contributed by atoms with Crippen molar-refractivity contribution in [3.63, 3.8) is 0 Å². The van der Waals surface area contributed by atoms with Crippen LogP contribution in [0.25, 0.3) is 0 Å². The molecule has 0 saturated carbocycles. The first kappa shape index (κ1) is 17.8. The van der Waals surface area contributed by atoms with Crippen molar-refractivity contribution in [1.82, 2.24) is 4.98 Å². The van der Waals surface area contributed by atoms with Crippen molar-refractivity contribution in [3.8, 4) is 17.2 Å². The van der Waals surface area contributed by atoms with Crippen LogP contribution in [0.3, 0.4) is 0 Å². The first-order valence-corrected chi connectivity index (χ1v) is 10.6. The number of halogens is 1. The molecule has 0 bridgehead atoms. The van der Waals surface area contributed by atoms with Gasteiger partial charge in [-0.3, -0.25) is 9.78 Å². The number of carbonyl (C=O) groups excluding carboxylic acids is 1. The van der Waals surface area contributed by atoms with Gasteiger partial charge in [-0.05, 0) is 30.3 Å². The molecule has 150 valence electrons. The number of carbonyl (C=O) groups is 1. The van der Waals surface area contributed by atoms with E-state index in [1.807, 2.05) is 48.5 Å². The zero-order chi connectivity index (χ0) is 20.3. The average Bonchev–Trinajstić information content (AvgIpc) is 3.25. The molecule has 0 fully saturated rings. The van der Waals surface area contributed by atoms with Crippen LogP contribution in [0.4, 0.5) is 5.69 Å². The van der Waals surface area contributed by atoms with Gasteiger partial charge in [0.15, 0.2) is 11.5 Å². The van der Waals surface area contributed by atoms with E-state index in [9.17, 15) is 4.79 Å². The number of fused-ring (bicyclic) bond motifs is 5. The minimum Gasteiger partial charge on any atom is -0.491 e. The van der Waals surface area contributed by atoms with Gasteiger partial charge in [-0.25, -0.2) is 0 Å². The summed E-state index contributed by atoms with van der Waals surface area (Å²) in [4.78, 5) is 20.2. The lowest BCUT2D eigenvalue weighted by atomic mass is 9.77. The van der Waals surface area contributed by atoms with Gasteiger partial charge in [0.25, 0.3) is 0 Å². The van der Waals surface area contributed by atoms with E-state index in [-0.39, 0.29) is 12.5 Å². The average molecular weight is 465 g/mol. The largest absolute Gasteiger partial charge is 0.491 e. The maximum Gasteiger partial charge on any atom is 0.246 e. The molecule has 1 atom stereocenters. The van der Waals surface area contributed by atoms with Gasteiger partial charge in [0.2, 0.25) is 5.91 Å². The highest BCUT2D eigenvalue weighted by Gasteiger charge is 2.58. The maximum absolute atomic E-state index is 14.0. The predicted octanol–water partition coefficient (Wildman–Crippen LogP) is 3.84. The van der Waals surface area contributed by atoms with Crippen LogP contribution in [0.1, 0.15) is 16.8 Å². The predicted molar refractivity (Wildman–Crippen MR) is 113 cm³/mol. The number of ether oxygens (including phenoxy) is 3. The maximum atomic E-state index is 14.0. The Morgan fingerprint density at radius 1 is 1.00 bits per heavy atom. The Morgan fingerprint density at radius 2 is 1.83 bits per heavy atom. The molecule has 2 aromatic carbocycles. The van der Waals surface area contributed by atoms with Crippen LogP contribution >= 0.6 is 15.9 Å². The van der Waals surface area contributed by atoms with Gasteiger partial charge < -0.3 is 19.1 Å². The van der Waals surface area contributed by atoms with Crippen LogP contribution in [0.2, 0.25) is 0 Å². The van der Waals surface area contributed by atoms with Gasteiger partial charge in [0, 0.05) is 27.9 Å². The van der Waals surface area contributed by atoms with Crippen molar-refractivity contribution in [2.45, 2.75) is 12.0 Å². The Morgan fingerprint density at radius 3 is 2.63 bits per heavy atom. The van der Waals surface area contributed by atoms with Gasteiger partial charge in [-0.1, -0.05) is 28.1 Å². The molecular weight excluding hydrogens is 448 g/mol. The molecule has 0 saturated heterocycles. The summed E-state index contributed by atoms with van der Waals surface area (Å²) in [5.74, 6) is 1.94. The van der Waals surface area contributed by atoms with E-state index in [4.69, 9.17) is 14.2 Å². The fourth-order valence-electron chi connectivity index (χ4n) is 4.59. The highest BCUT2D eigenvalue weighted by atomic mass is 79.9. The van der Waals surface area contributed by atoms with Crippen LogP contribution in [0, 0.1) is 0 Å². The highest BCUT2D eigenvalue weighted by molar-refractivity contribution is 9.10. The lowest BCUT2D eigenvalue weighted by Crippen LogP contribution is -2.42. The second-order valence-corrected chi connectivity index (χ2v) is 8.39. The monoisotopic (exact) mass is 464 g/mol. The van der Waals surface area contributed by atoms with E-state index in [1.165, 1.54) is 0 Å². The van der Waals surface area contributed by atoms with Crippen LogP contribution in [0.5, 0.6) is 17.2 Å². The third-order valence-corrected chi connectivity index (χ3v) is 6.57. The third-order valence-electron chi connectivity index (χ3n) is 5.91. The van der Waals surface area contributed by atoms with Crippen molar-refractivity contribution in [2.75, 3.05) is 24.7 Å². The van der Waals surface area contributed by atoms with Crippen molar-refractivity contribution < 1.29 is 19.0 Å². The first-order valence-electron chi connectivity index (χ1n) is 9.76. The topological polar surface area (TPSA) is 60.9 Å². The van der Waals surface area contributed by atoms with Crippen LogP contribution < -0.4 is 19.1 Å². The summed E-state index contributed by atoms with van der Waals surface area (Å²) in [7, 11) is 0. The normalized spacial score (nSPS) is 20.8. The summed E-state index contributed by atoms with van der Waals surface area (Å²) in [5.41, 5.74) is 2.49. The molecular formula is C23H17BrN2O4. The number of hydrogen-bond donors (Lipinski definition) is 0. The second kappa shape index (κ2) is 6.47. The minimum absolute atomic E-state index is 0.0227. The van der Waals surface area contributed by atoms with E-state index in [0.29, 0.717) is 37.0 Å². The summed E-state index contributed by atoms with van der Waals surface area (Å²) >= 11 is 3.69. The summed E-state index contributed by atoms with van der Waals surface area (Å²) < 4.78 is 18.4. The molecule has 1 spiro atoms. The molecule has 4 heterocycles. The van der Waals surface area contributed by atoms with E-state index >= 15 is 0 Å². The standard InChI is InChI=1S/C23H17BrN2O4/c24-16-5-3-6-17-21(16)23(22(27)26(17)12-14-4-1-2-7-25-14)13-30-18-11-20-19(10-15(18)23)28-8-9-29-20/h1-7,10-11H,8-9,12-13H2. The van der Waals surface area contributed by atoms with Crippen molar-refractivity contribution in [2.24, 2.45) is 0 Å². The number of rotatable bonds is 2. The fourth-order valence-corrected chi connectivity index (χ4v) is 5.28. The van der Waals surface area contributed by atoms with E-state index < -0.39 is 5.41 Å². The Labute approximate surface area is 181 Å². The van der Waals surface area contributed by atoms with E-state index in [1.54, 1.807) is 11.1 Å². The van der Waals surface area contributed by atoms with Gasteiger partial charge in [0.05, 0.1) is 17.9 Å². The Kier molecular flexibility index (Phi) is 3.83. The van der Waals surface area contributed by atoms with Crippen molar-refractivity contribution in [3.05, 3.63) is 76.0 Å². The third kappa shape index (κ3) is 2.35. The molecule has 0 aliphatic carbocycles. The summed E-state index contributed by atoms with van der Waals surface area (Å²) in [6.45, 7) is 1.62. The molecule has 3 aromatic rings. The van der Waals surface area contributed by atoms with Gasteiger partial charge in [-0.2, -0.15) is 0 Å². The summed E-state index contributed by atoms with van der Waals surface area (Å²) in [6.07, 6.45) is 1.74. The highest BCUT2D eigenvalue weighted by Crippen LogP contribution is 2.56. The SMILES string of the molecule is O=C1N(Cc2ccccn2)c2cccc(Br)c2C12COc1cc3c(cc12)OCCO3. The molecule has 1 aromatic heterocycles. The number of amides is 1. The number of nitrogens with zero attached hydrogens (tertiary/aromatic N) is 2. The van der Waals surface area contributed by atoms with Gasteiger partial charge in [-0.15, -0.1) is 0 Å². The zero-order valence-corrected chi connectivity index (χ0v) is 17.5. The summed E-state index contributed by atoms with van der Waals surface area (Å²) in [5, 5.41) is 0. The van der Waals surface area contributed by atoms with E-state index in [2.05, 4.69) is 20.9 Å². The van der Waals surface area contributed by atoms with Crippen molar-refractivity contribution in [1.29, 1.82) is 0 Å². The Hall–Kier alpha value is -3.06. The minimum atomic E-state index is -0.935. The molecule has 3 aliphatic rings. The van der Waals surface area contributed by atoms with Crippen molar-refractivity contribution >= 4 is 27.5 Å². The molecule has 6 rings (SSSR count). The molecule has 6 nitrogen and oxygen atoms in total. The van der Waals surface area contributed by atoms with Crippen LogP contribution in [0.15, 0.2) is 59.2 Å². The Balaban J connectivity index is 1.54. The van der Waals surface area contributed by atoms with Gasteiger partial charge >= 0.3 is 0 Å². The number of aromatic nitrogens is 1. The lowest BCUT2D eigenvalue weighted by molar-refractivity contribution is -0.122. The fraction of sp³-hybridized carbons (Fsp3) is 0.217. The molecule has 7 heteroatoms. The molecule has 1 unspecified atom stereocenters. The number of benzene rings is 2. The lowest BCUT2D eigenvalue weighted by Gasteiger charge is -2.25. The number of pyridine rings is 1. The van der Waals surface area contributed by atoms with Crippen LogP contribution in [-0.2, 0) is 16.8 Å². The molecule has 1 amide bonds. The second-order valence-electron chi connectivity index (χ2n) is 7.53. The smallest absolute Gasteiger partial charge is 0.246 e. The zero-order valence-electron chi connectivity index (χ0n) is 15.9. The molecule has 0 radical (unpaired) electrons. The molecule has 30 heavy (non-hydrogen) atoms. The molecule has 0 N–H and O–H groups in total. The molecule has 3 aliphatic heterocycles. The van der Waals surface area contributed by atoms with Gasteiger partial charge in [0.1, 0.15) is 31.0 Å². The van der Waals surface area contributed by atoms with E-state index in [0.717, 1.165) is 27.0 Å².